The monoisotopic (exact) mass is 218 g/mol. The lowest BCUT2D eigenvalue weighted by molar-refractivity contribution is -0.127. The zero-order chi connectivity index (χ0) is 10.6. The Morgan fingerprint density at radius 2 is 2.36 bits per heavy atom. The Labute approximate surface area is 88.2 Å². The highest BCUT2D eigenvalue weighted by atomic mass is 32.1. The molecule has 80 valence electrons. The maximum Gasteiger partial charge on any atom is 0.407 e. The second-order valence-electron chi connectivity index (χ2n) is 3.12. The topological polar surface area (TPSA) is 58.6 Å². The van der Waals surface area contributed by atoms with Crippen molar-refractivity contribution in [2.24, 2.45) is 0 Å². The molecule has 0 aromatic heterocycles. The van der Waals surface area contributed by atoms with Gasteiger partial charge in [-0.15, -0.1) is 0 Å². The van der Waals surface area contributed by atoms with Gasteiger partial charge in [-0.2, -0.15) is 12.6 Å². The minimum atomic E-state index is -0.449. The average Bonchev–Trinajstić information content (AvgIpc) is 2.65. The predicted octanol–water partition coefficient (Wildman–Crippen LogP) is -0.127. The normalized spacial score (nSPS) is 20.7. The highest BCUT2D eigenvalue weighted by molar-refractivity contribution is 7.81. The Morgan fingerprint density at radius 3 is 2.93 bits per heavy atom. The highest BCUT2D eigenvalue weighted by Gasteiger charge is 2.26. The van der Waals surface area contributed by atoms with Gasteiger partial charge in [0.1, 0.15) is 0 Å². The van der Waals surface area contributed by atoms with Gasteiger partial charge in [0.25, 0.3) is 0 Å². The molecule has 2 amide bonds. The van der Waals surface area contributed by atoms with Crippen molar-refractivity contribution >= 4 is 24.6 Å². The van der Waals surface area contributed by atoms with Crippen molar-refractivity contribution in [1.82, 2.24) is 10.2 Å². The second-order valence-corrected chi connectivity index (χ2v) is 3.44. The third-order valence-corrected chi connectivity index (χ3v) is 2.45. The molecule has 1 atom stereocenters. The summed E-state index contributed by atoms with van der Waals surface area (Å²) in [7, 11) is 1.32. The molecule has 14 heavy (non-hydrogen) atoms. The number of ether oxygens (including phenoxy) is 1. The van der Waals surface area contributed by atoms with Crippen molar-refractivity contribution in [3.63, 3.8) is 0 Å². The number of carbonyl (C=O) groups is 2. The Kier molecular flexibility index (Phi) is 4.06. The Hall–Kier alpha value is -0.910. The lowest BCUT2D eigenvalue weighted by atomic mass is 10.3. The van der Waals surface area contributed by atoms with Crippen LogP contribution in [-0.4, -0.2) is 48.9 Å². The lowest BCUT2D eigenvalue weighted by Crippen LogP contribution is -2.38. The minimum Gasteiger partial charge on any atom is -0.453 e. The van der Waals surface area contributed by atoms with E-state index in [1.165, 1.54) is 7.11 Å². The molecule has 0 radical (unpaired) electrons. The average molecular weight is 218 g/mol. The summed E-state index contributed by atoms with van der Waals surface area (Å²) in [5.41, 5.74) is 0. The molecule has 0 saturated carbocycles. The summed E-state index contributed by atoms with van der Waals surface area (Å²) in [4.78, 5) is 23.8. The van der Waals surface area contributed by atoms with E-state index >= 15 is 0 Å². The molecule has 0 spiro atoms. The van der Waals surface area contributed by atoms with E-state index < -0.39 is 6.09 Å². The van der Waals surface area contributed by atoms with Gasteiger partial charge in [0, 0.05) is 13.1 Å². The van der Waals surface area contributed by atoms with Gasteiger partial charge in [-0.25, -0.2) is 4.79 Å². The van der Waals surface area contributed by atoms with Crippen LogP contribution in [0.5, 0.6) is 0 Å². The van der Waals surface area contributed by atoms with E-state index in [1.54, 1.807) is 4.90 Å². The molecule has 1 aliphatic rings. The fourth-order valence-electron chi connectivity index (χ4n) is 1.43. The zero-order valence-corrected chi connectivity index (χ0v) is 8.92. The van der Waals surface area contributed by atoms with Gasteiger partial charge < -0.3 is 15.0 Å². The number of hydrogen-bond donors (Lipinski definition) is 2. The van der Waals surface area contributed by atoms with Crippen molar-refractivity contribution in [3.8, 4) is 0 Å². The fourth-order valence-corrected chi connectivity index (χ4v) is 1.63. The molecule has 1 aliphatic heterocycles. The molecule has 5 nitrogen and oxygen atoms in total. The fraction of sp³-hybridized carbons (Fsp3) is 0.750. The van der Waals surface area contributed by atoms with Crippen LogP contribution in [0.2, 0.25) is 0 Å². The summed E-state index contributed by atoms with van der Waals surface area (Å²) in [6.07, 6.45) is 0.324. The first kappa shape index (κ1) is 11.2. The number of thiol groups is 1. The van der Waals surface area contributed by atoms with E-state index in [-0.39, 0.29) is 17.7 Å². The van der Waals surface area contributed by atoms with E-state index in [1.807, 2.05) is 0 Å². The Bertz CT molecular complexity index is 235. The largest absolute Gasteiger partial charge is 0.453 e. The highest BCUT2D eigenvalue weighted by Crippen LogP contribution is 2.09. The number of likely N-dealkylation sites (tertiary alicyclic amines) is 1. The number of carbonyl (C=O) groups excluding carboxylic acids is 2. The van der Waals surface area contributed by atoms with Gasteiger partial charge >= 0.3 is 6.09 Å². The molecular weight excluding hydrogens is 204 g/mol. The SMILES string of the molecule is COC(=O)NC1CCN(C(=O)CS)C1. The first-order valence-electron chi connectivity index (χ1n) is 4.40. The summed E-state index contributed by atoms with van der Waals surface area (Å²) in [5, 5.41) is 2.66. The number of alkyl carbamates (subject to hydrolysis) is 1. The number of hydrogen-bond acceptors (Lipinski definition) is 4. The van der Waals surface area contributed by atoms with Crippen molar-refractivity contribution in [1.29, 1.82) is 0 Å². The van der Waals surface area contributed by atoms with Gasteiger partial charge in [-0.1, -0.05) is 0 Å². The third kappa shape index (κ3) is 2.80. The van der Waals surface area contributed by atoms with Gasteiger partial charge in [-0.05, 0) is 6.42 Å². The number of amides is 2. The van der Waals surface area contributed by atoms with E-state index in [0.717, 1.165) is 6.42 Å². The van der Waals surface area contributed by atoms with Crippen LogP contribution in [0.15, 0.2) is 0 Å². The summed E-state index contributed by atoms with van der Waals surface area (Å²) in [5.74, 6) is 0.216. The van der Waals surface area contributed by atoms with E-state index in [0.29, 0.717) is 13.1 Å². The van der Waals surface area contributed by atoms with Gasteiger partial charge in [0.05, 0.1) is 18.9 Å². The van der Waals surface area contributed by atoms with Crippen molar-refractivity contribution in [2.75, 3.05) is 26.0 Å². The van der Waals surface area contributed by atoms with Crippen LogP contribution in [0.25, 0.3) is 0 Å². The molecule has 1 rings (SSSR count). The summed E-state index contributed by atoms with van der Waals surface area (Å²) in [6.45, 7) is 1.22. The molecule has 1 fully saturated rings. The van der Waals surface area contributed by atoms with Crippen molar-refractivity contribution < 1.29 is 14.3 Å². The van der Waals surface area contributed by atoms with E-state index in [2.05, 4.69) is 22.7 Å². The number of rotatable bonds is 2. The first-order valence-corrected chi connectivity index (χ1v) is 5.03. The van der Waals surface area contributed by atoms with Crippen LogP contribution in [0.3, 0.4) is 0 Å². The molecule has 0 aromatic carbocycles. The van der Waals surface area contributed by atoms with Gasteiger partial charge in [0.15, 0.2) is 0 Å². The van der Waals surface area contributed by atoms with Crippen LogP contribution in [-0.2, 0) is 9.53 Å². The molecule has 0 bridgehead atoms. The summed E-state index contributed by atoms with van der Waals surface area (Å²) >= 11 is 3.91. The zero-order valence-electron chi connectivity index (χ0n) is 8.02. The molecule has 0 aliphatic carbocycles. The Morgan fingerprint density at radius 1 is 1.64 bits per heavy atom. The van der Waals surface area contributed by atoms with Crippen molar-refractivity contribution in [3.05, 3.63) is 0 Å². The number of nitrogens with zero attached hydrogens (tertiary/aromatic N) is 1. The number of nitrogens with one attached hydrogen (secondary N) is 1. The first-order chi connectivity index (χ1) is 6.67. The smallest absolute Gasteiger partial charge is 0.407 e. The molecule has 1 heterocycles. The van der Waals surface area contributed by atoms with Crippen LogP contribution in [0.4, 0.5) is 4.79 Å². The second kappa shape index (κ2) is 5.09. The quantitative estimate of drug-likeness (QED) is 0.635. The maximum atomic E-state index is 11.2. The molecule has 1 N–H and O–H groups in total. The predicted molar refractivity (Wildman–Crippen MR) is 54.4 cm³/mol. The summed E-state index contributed by atoms with van der Waals surface area (Å²) < 4.78 is 4.47. The molecule has 1 unspecified atom stereocenters. The molecule has 1 saturated heterocycles. The lowest BCUT2D eigenvalue weighted by Gasteiger charge is -2.15. The van der Waals surface area contributed by atoms with Gasteiger partial charge in [0.2, 0.25) is 5.91 Å². The van der Waals surface area contributed by atoms with Crippen LogP contribution < -0.4 is 5.32 Å². The van der Waals surface area contributed by atoms with Crippen molar-refractivity contribution in [2.45, 2.75) is 12.5 Å². The molecule has 0 aromatic rings. The minimum absolute atomic E-state index is 0.00231. The number of methoxy groups -OCH3 is 1. The van der Waals surface area contributed by atoms with E-state index in [9.17, 15) is 9.59 Å². The van der Waals surface area contributed by atoms with E-state index in [4.69, 9.17) is 0 Å². The molecule has 6 heteroatoms. The van der Waals surface area contributed by atoms with Gasteiger partial charge in [-0.3, -0.25) is 4.79 Å². The van der Waals surface area contributed by atoms with Crippen LogP contribution in [0, 0.1) is 0 Å². The van der Waals surface area contributed by atoms with Crippen LogP contribution in [0.1, 0.15) is 6.42 Å². The van der Waals surface area contributed by atoms with Crippen LogP contribution >= 0.6 is 12.6 Å². The maximum absolute atomic E-state index is 11.2. The Balaban J connectivity index is 2.34. The summed E-state index contributed by atoms with van der Waals surface area (Å²) in [6, 6.07) is 0.00582. The molecular formula is C8H14N2O3S. The standard InChI is InChI=1S/C8H14N2O3S/c1-13-8(12)9-6-2-3-10(4-6)7(11)5-14/h6,14H,2-5H2,1H3,(H,9,12). The third-order valence-electron chi connectivity index (χ3n) is 2.18.